The van der Waals surface area contributed by atoms with E-state index in [1.807, 2.05) is 24.3 Å². The fourth-order valence-electron chi connectivity index (χ4n) is 5.97. The van der Waals surface area contributed by atoms with Crippen molar-refractivity contribution in [1.82, 2.24) is 0 Å². The molecule has 1 saturated carbocycles. The first-order chi connectivity index (χ1) is 22.3. The van der Waals surface area contributed by atoms with Gasteiger partial charge in [0.1, 0.15) is 24.7 Å². The maximum absolute atomic E-state index is 11.9. The highest BCUT2D eigenvalue weighted by molar-refractivity contribution is 5.88. The van der Waals surface area contributed by atoms with Gasteiger partial charge in [-0.15, -0.1) is 0 Å². The average Bonchev–Trinajstić information content (AvgIpc) is 3.09. The highest BCUT2D eigenvalue weighted by Crippen LogP contribution is 2.41. The summed E-state index contributed by atoms with van der Waals surface area (Å²) in [6, 6.07) is 16.7. The summed E-state index contributed by atoms with van der Waals surface area (Å²) in [5, 5.41) is 18.2. The van der Waals surface area contributed by atoms with Crippen molar-refractivity contribution in [2.24, 2.45) is 11.8 Å². The second-order valence-corrected chi connectivity index (χ2v) is 12.1. The van der Waals surface area contributed by atoms with Crippen molar-refractivity contribution in [3.05, 3.63) is 84.0 Å². The summed E-state index contributed by atoms with van der Waals surface area (Å²) in [5.74, 6) is 1.53. The zero-order chi connectivity index (χ0) is 33.1. The molecule has 0 atom stereocenters. The van der Waals surface area contributed by atoms with Crippen LogP contribution < -0.4 is 9.47 Å². The molecule has 1 aliphatic rings. The predicted octanol–water partition coefficient (Wildman–Crippen LogP) is 6.73. The Morgan fingerprint density at radius 1 is 0.739 bits per heavy atom. The van der Waals surface area contributed by atoms with Gasteiger partial charge in [0.15, 0.2) is 0 Å². The summed E-state index contributed by atoms with van der Waals surface area (Å²) in [6.45, 7) is 9.73. The Kier molecular flexibility index (Phi) is 16.4. The first-order valence-electron chi connectivity index (χ1n) is 16.7. The Morgan fingerprint density at radius 3 is 1.72 bits per heavy atom. The van der Waals surface area contributed by atoms with Crippen LogP contribution in [0.2, 0.25) is 0 Å². The Balaban J connectivity index is 1.43. The topological polar surface area (TPSA) is 112 Å². The van der Waals surface area contributed by atoms with Gasteiger partial charge in [-0.05, 0) is 105 Å². The Hall–Kier alpha value is -3.62. The van der Waals surface area contributed by atoms with E-state index in [0.717, 1.165) is 43.6 Å². The molecule has 2 N–H and O–H groups in total. The number of aryl methyl sites for hydroxylation is 1. The fraction of sp³-hybridized carbons (Fsp3) is 0.526. The predicted molar refractivity (Wildman–Crippen MR) is 179 cm³/mol. The second-order valence-electron chi connectivity index (χ2n) is 12.1. The van der Waals surface area contributed by atoms with Crippen molar-refractivity contribution >= 4 is 11.9 Å². The normalized spacial score (nSPS) is 16.1. The molecule has 252 valence electrons. The number of esters is 2. The summed E-state index contributed by atoms with van der Waals surface area (Å²) in [4.78, 5) is 23.9. The monoisotopic (exact) mass is 636 g/mol. The van der Waals surface area contributed by atoms with E-state index < -0.39 is 25.2 Å². The lowest BCUT2D eigenvalue weighted by molar-refractivity contribution is -0.140. The molecule has 0 saturated heterocycles. The molecule has 0 spiro atoms. The van der Waals surface area contributed by atoms with Crippen LogP contribution in [0, 0.1) is 11.8 Å². The number of unbranched alkanes of at least 4 members (excludes halogenated alkanes) is 2. The molecule has 2 aromatic rings. The molecule has 8 heteroatoms. The number of aliphatic hydroxyl groups excluding tert-OH is 2. The maximum atomic E-state index is 11.9. The Bertz CT molecular complexity index is 1180. The standard InChI is InChI=1S/C38H52O8/c1-4-5-6-7-30-8-16-35(17-9-30)43-24-25-44-36-18-14-33(15-19-36)31-10-12-32(13-11-31)34(20-22-45-37(41)28(2)26-39)21-23-46-38(42)29(3)27-40/h8-9,14-19,31-32,34,39-40H,2-7,10-13,20-27H2,1H3. The summed E-state index contributed by atoms with van der Waals surface area (Å²) < 4.78 is 22.4. The maximum Gasteiger partial charge on any atom is 0.335 e. The first-order valence-corrected chi connectivity index (χ1v) is 16.7. The molecule has 1 aliphatic carbocycles. The van der Waals surface area contributed by atoms with E-state index in [2.05, 4.69) is 44.3 Å². The average molecular weight is 637 g/mol. The molecular weight excluding hydrogens is 584 g/mol. The molecule has 0 heterocycles. The lowest BCUT2D eigenvalue weighted by atomic mass is 9.72. The van der Waals surface area contributed by atoms with Gasteiger partial charge < -0.3 is 29.2 Å². The van der Waals surface area contributed by atoms with Crippen molar-refractivity contribution < 1.29 is 38.7 Å². The van der Waals surface area contributed by atoms with Gasteiger partial charge in [-0.2, -0.15) is 0 Å². The van der Waals surface area contributed by atoms with Crippen LogP contribution in [0.25, 0.3) is 0 Å². The van der Waals surface area contributed by atoms with Gasteiger partial charge in [-0.1, -0.05) is 57.2 Å². The van der Waals surface area contributed by atoms with Crippen molar-refractivity contribution in [2.75, 3.05) is 39.6 Å². The molecule has 0 radical (unpaired) electrons. The Morgan fingerprint density at radius 2 is 1.24 bits per heavy atom. The third-order valence-corrected chi connectivity index (χ3v) is 8.81. The number of benzene rings is 2. The van der Waals surface area contributed by atoms with E-state index in [0.29, 0.717) is 37.9 Å². The number of hydrogen-bond acceptors (Lipinski definition) is 8. The molecule has 1 fully saturated rings. The number of ether oxygens (including phenoxy) is 4. The number of carbonyl (C=O) groups excluding carboxylic acids is 2. The van der Waals surface area contributed by atoms with Gasteiger partial charge in [0.05, 0.1) is 37.6 Å². The van der Waals surface area contributed by atoms with Crippen LogP contribution in [0.15, 0.2) is 72.8 Å². The van der Waals surface area contributed by atoms with Crippen LogP contribution in [0.4, 0.5) is 0 Å². The van der Waals surface area contributed by atoms with Gasteiger partial charge in [0, 0.05) is 0 Å². The van der Waals surface area contributed by atoms with E-state index in [4.69, 9.17) is 29.2 Å². The molecule has 8 nitrogen and oxygen atoms in total. The van der Waals surface area contributed by atoms with E-state index >= 15 is 0 Å². The van der Waals surface area contributed by atoms with Crippen LogP contribution in [0.5, 0.6) is 11.5 Å². The fourth-order valence-corrected chi connectivity index (χ4v) is 5.97. The first kappa shape index (κ1) is 36.8. The third kappa shape index (κ3) is 12.6. The SMILES string of the molecule is C=C(CO)C(=O)OCCC(CCOC(=O)C(=C)CO)C1CCC(c2ccc(OCCOc3ccc(CCCCC)cc3)cc2)CC1. The number of carbonyl (C=O) groups is 2. The quantitative estimate of drug-likeness (QED) is 0.0882. The van der Waals surface area contributed by atoms with Crippen molar-refractivity contribution in [2.45, 2.75) is 77.0 Å². The van der Waals surface area contributed by atoms with Crippen molar-refractivity contribution in [3.8, 4) is 11.5 Å². The third-order valence-electron chi connectivity index (χ3n) is 8.81. The second kappa shape index (κ2) is 20.5. The summed E-state index contributed by atoms with van der Waals surface area (Å²) in [5.41, 5.74) is 2.69. The summed E-state index contributed by atoms with van der Waals surface area (Å²) in [7, 11) is 0. The van der Waals surface area contributed by atoms with Crippen LogP contribution in [-0.2, 0) is 25.5 Å². The van der Waals surface area contributed by atoms with E-state index in [1.165, 1.54) is 30.4 Å². The van der Waals surface area contributed by atoms with Gasteiger partial charge in [-0.25, -0.2) is 9.59 Å². The Labute approximate surface area is 274 Å². The van der Waals surface area contributed by atoms with Gasteiger partial charge in [0.25, 0.3) is 0 Å². The molecule has 0 aliphatic heterocycles. The van der Waals surface area contributed by atoms with Gasteiger partial charge >= 0.3 is 11.9 Å². The minimum Gasteiger partial charge on any atom is -0.490 e. The lowest BCUT2D eigenvalue weighted by Gasteiger charge is -2.34. The molecule has 46 heavy (non-hydrogen) atoms. The molecule has 2 aromatic carbocycles. The largest absolute Gasteiger partial charge is 0.490 e. The lowest BCUT2D eigenvalue weighted by Crippen LogP contribution is -2.25. The molecule has 3 rings (SSSR count). The van der Waals surface area contributed by atoms with Crippen LogP contribution >= 0.6 is 0 Å². The highest BCUT2D eigenvalue weighted by Gasteiger charge is 2.29. The van der Waals surface area contributed by atoms with E-state index in [-0.39, 0.29) is 30.3 Å². The molecular formula is C38H52O8. The smallest absolute Gasteiger partial charge is 0.335 e. The van der Waals surface area contributed by atoms with Crippen LogP contribution in [0.1, 0.15) is 81.8 Å². The van der Waals surface area contributed by atoms with Crippen molar-refractivity contribution in [3.63, 3.8) is 0 Å². The number of aliphatic hydroxyl groups is 2. The molecule has 0 bridgehead atoms. The number of hydrogen-bond donors (Lipinski definition) is 2. The van der Waals surface area contributed by atoms with Crippen molar-refractivity contribution in [1.29, 1.82) is 0 Å². The van der Waals surface area contributed by atoms with E-state index in [9.17, 15) is 9.59 Å². The summed E-state index contributed by atoms with van der Waals surface area (Å²) in [6.07, 6.45) is 10.2. The van der Waals surface area contributed by atoms with Crippen LogP contribution in [0.3, 0.4) is 0 Å². The van der Waals surface area contributed by atoms with Gasteiger partial charge in [0.2, 0.25) is 0 Å². The molecule has 0 unspecified atom stereocenters. The van der Waals surface area contributed by atoms with E-state index in [1.54, 1.807) is 0 Å². The highest BCUT2D eigenvalue weighted by atomic mass is 16.5. The number of rotatable bonds is 21. The molecule has 0 aromatic heterocycles. The minimum atomic E-state index is -0.599. The zero-order valence-corrected chi connectivity index (χ0v) is 27.4. The van der Waals surface area contributed by atoms with Crippen LogP contribution in [-0.4, -0.2) is 61.8 Å². The zero-order valence-electron chi connectivity index (χ0n) is 27.4. The summed E-state index contributed by atoms with van der Waals surface area (Å²) >= 11 is 0. The molecule has 0 amide bonds. The van der Waals surface area contributed by atoms with Gasteiger partial charge in [-0.3, -0.25) is 0 Å². The minimum absolute atomic E-state index is 0.0249.